The van der Waals surface area contributed by atoms with Gasteiger partial charge in [-0.1, -0.05) is 25.9 Å². The number of hydrogen-bond donors (Lipinski definition) is 3. The average Bonchev–Trinajstić information content (AvgIpc) is 2.13. The minimum Gasteiger partial charge on any atom is -0.409 e. The van der Waals surface area contributed by atoms with Crippen LogP contribution in [-0.2, 0) is 0 Å². The molecule has 0 saturated heterocycles. The van der Waals surface area contributed by atoms with Gasteiger partial charge in [0.2, 0.25) is 0 Å². The molecule has 0 rings (SSSR count). The predicted molar refractivity (Wildman–Crippen MR) is 54.9 cm³/mol. The Balaban J connectivity index is 3.89. The molecule has 0 aromatic carbocycles. The number of nitrogens with one attached hydrogen (secondary N) is 1. The van der Waals surface area contributed by atoms with E-state index in [0.717, 1.165) is 13.0 Å². The maximum absolute atomic E-state index is 8.41. The zero-order valence-corrected chi connectivity index (χ0v) is 8.96. The predicted octanol–water partition coefficient (Wildman–Crippen LogP) is 1.15. The van der Waals surface area contributed by atoms with Crippen LogP contribution in [0.2, 0.25) is 0 Å². The van der Waals surface area contributed by atoms with Crippen LogP contribution in [0.1, 0.15) is 34.1 Å². The first-order valence-corrected chi connectivity index (χ1v) is 4.63. The van der Waals surface area contributed by atoms with Gasteiger partial charge in [0.1, 0.15) is 0 Å². The second kappa shape index (κ2) is 5.07. The lowest BCUT2D eigenvalue weighted by molar-refractivity contribution is 0.306. The molecule has 0 aromatic rings. The molecule has 0 amide bonds. The van der Waals surface area contributed by atoms with Crippen molar-refractivity contribution < 1.29 is 5.21 Å². The van der Waals surface area contributed by atoms with Crippen LogP contribution in [0.15, 0.2) is 5.16 Å². The minimum absolute atomic E-state index is 0.0733. The first-order chi connectivity index (χ1) is 5.93. The van der Waals surface area contributed by atoms with Crippen LogP contribution in [0.25, 0.3) is 0 Å². The molecule has 0 fully saturated rings. The molecule has 1 atom stereocenters. The van der Waals surface area contributed by atoms with Gasteiger partial charge in [0, 0.05) is 6.54 Å². The SMILES string of the molecule is CCC(C)(C)CNC(C)C(N)=NO. The summed E-state index contributed by atoms with van der Waals surface area (Å²) in [6.07, 6.45) is 1.10. The van der Waals surface area contributed by atoms with E-state index in [1.165, 1.54) is 0 Å². The van der Waals surface area contributed by atoms with Crippen LogP contribution in [0, 0.1) is 5.41 Å². The van der Waals surface area contributed by atoms with Crippen LogP contribution in [-0.4, -0.2) is 23.6 Å². The molecule has 1 unspecified atom stereocenters. The van der Waals surface area contributed by atoms with E-state index in [4.69, 9.17) is 10.9 Å². The summed E-state index contributed by atoms with van der Waals surface area (Å²) in [5.74, 6) is 0.229. The van der Waals surface area contributed by atoms with E-state index < -0.39 is 0 Å². The van der Waals surface area contributed by atoms with Gasteiger partial charge < -0.3 is 16.3 Å². The quantitative estimate of drug-likeness (QED) is 0.262. The second-order valence-electron chi connectivity index (χ2n) is 4.15. The third kappa shape index (κ3) is 4.72. The van der Waals surface area contributed by atoms with Crippen LogP contribution >= 0.6 is 0 Å². The maximum atomic E-state index is 8.41. The Morgan fingerprint density at radius 1 is 1.62 bits per heavy atom. The molecule has 4 N–H and O–H groups in total. The zero-order valence-electron chi connectivity index (χ0n) is 8.96. The van der Waals surface area contributed by atoms with E-state index in [1.807, 2.05) is 6.92 Å². The average molecular weight is 187 g/mol. The smallest absolute Gasteiger partial charge is 0.156 e. The maximum Gasteiger partial charge on any atom is 0.156 e. The summed E-state index contributed by atoms with van der Waals surface area (Å²) < 4.78 is 0. The van der Waals surface area contributed by atoms with E-state index in [-0.39, 0.29) is 17.3 Å². The fraction of sp³-hybridized carbons (Fsp3) is 0.889. The molecule has 0 radical (unpaired) electrons. The molecule has 0 saturated carbocycles. The number of amidine groups is 1. The van der Waals surface area contributed by atoms with E-state index in [2.05, 4.69) is 31.2 Å². The summed E-state index contributed by atoms with van der Waals surface area (Å²) in [5, 5.41) is 14.6. The topological polar surface area (TPSA) is 70.6 Å². The minimum atomic E-state index is -0.0733. The standard InChI is InChI=1S/C9H21N3O/c1-5-9(3,4)6-11-7(2)8(10)12-13/h7,11,13H,5-6H2,1-4H3,(H2,10,12). The van der Waals surface area contributed by atoms with Gasteiger partial charge in [-0.05, 0) is 18.8 Å². The fourth-order valence-corrected chi connectivity index (χ4v) is 0.746. The van der Waals surface area contributed by atoms with E-state index in [9.17, 15) is 0 Å². The molecule has 0 spiro atoms. The Hall–Kier alpha value is -0.770. The van der Waals surface area contributed by atoms with Gasteiger partial charge in [0.15, 0.2) is 5.84 Å². The van der Waals surface area contributed by atoms with Gasteiger partial charge in [-0.3, -0.25) is 0 Å². The van der Waals surface area contributed by atoms with Crippen molar-refractivity contribution >= 4 is 5.84 Å². The highest BCUT2D eigenvalue weighted by Crippen LogP contribution is 2.17. The molecule has 4 heteroatoms. The lowest BCUT2D eigenvalue weighted by Gasteiger charge is -2.25. The molecule has 78 valence electrons. The molecular weight excluding hydrogens is 166 g/mol. The van der Waals surface area contributed by atoms with Gasteiger partial charge in [0.05, 0.1) is 6.04 Å². The highest BCUT2D eigenvalue weighted by Gasteiger charge is 2.16. The summed E-state index contributed by atoms with van der Waals surface area (Å²) in [4.78, 5) is 0. The van der Waals surface area contributed by atoms with Crippen molar-refractivity contribution in [2.75, 3.05) is 6.54 Å². The van der Waals surface area contributed by atoms with Gasteiger partial charge >= 0.3 is 0 Å². The normalized spacial score (nSPS) is 15.8. The lowest BCUT2D eigenvalue weighted by atomic mass is 9.90. The molecule has 13 heavy (non-hydrogen) atoms. The van der Waals surface area contributed by atoms with E-state index in [0.29, 0.717) is 0 Å². The molecule has 0 aromatic heterocycles. The molecule has 0 aliphatic heterocycles. The van der Waals surface area contributed by atoms with Crippen molar-refractivity contribution in [1.82, 2.24) is 5.32 Å². The number of hydrogen-bond acceptors (Lipinski definition) is 3. The highest BCUT2D eigenvalue weighted by molar-refractivity contribution is 5.84. The van der Waals surface area contributed by atoms with E-state index >= 15 is 0 Å². The largest absolute Gasteiger partial charge is 0.409 e. The molecule has 0 aliphatic carbocycles. The van der Waals surface area contributed by atoms with E-state index in [1.54, 1.807) is 0 Å². The van der Waals surface area contributed by atoms with Crippen LogP contribution in [0.3, 0.4) is 0 Å². The van der Waals surface area contributed by atoms with Gasteiger partial charge in [-0.15, -0.1) is 0 Å². The lowest BCUT2D eigenvalue weighted by Crippen LogP contribution is -2.43. The monoisotopic (exact) mass is 187 g/mol. The summed E-state index contributed by atoms with van der Waals surface area (Å²) in [5.41, 5.74) is 5.68. The first kappa shape index (κ1) is 12.2. The Kier molecular flexibility index (Phi) is 4.77. The third-order valence-corrected chi connectivity index (χ3v) is 2.40. The highest BCUT2D eigenvalue weighted by atomic mass is 16.4. The van der Waals surface area contributed by atoms with Crippen molar-refractivity contribution in [2.24, 2.45) is 16.3 Å². The van der Waals surface area contributed by atoms with Gasteiger partial charge in [0.25, 0.3) is 0 Å². The molecule has 0 bridgehead atoms. The number of oxime groups is 1. The molecule has 0 aliphatic rings. The summed E-state index contributed by atoms with van der Waals surface area (Å²) in [7, 11) is 0. The Labute approximate surface area is 80.2 Å². The Morgan fingerprint density at radius 3 is 2.54 bits per heavy atom. The van der Waals surface area contributed by atoms with Crippen LogP contribution < -0.4 is 11.1 Å². The third-order valence-electron chi connectivity index (χ3n) is 2.40. The molecule has 4 nitrogen and oxygen atoms in total. The van der Waals surface area contributed by atoms with Crippen molar-refractivity contribution in [3.63, 3.8) is 0 Å². The van der Waals surface area contributed by atoms with Gasteiger partial charge in [-0.2, -0.15) is 0 Å². The van der Waals surface area contributed by atoms with Gasteiger partial charge in [-0.25, -0.2) is 0 Å². The summed E-state index contributed by atoms with van der Waals surface area (Å²) in [6, 6.07) is -0.0733. The van der Waals surface area contributed by atoms with Crippen molar-refractivity contribution in [3.8, 4) is 0 Å². The van der Waals surface area contributed by atoms with Crippen molar-refractivity contribution in [2.45, 2.75) is 40.2 Å². The number of rotatable bonds is 5. The Bertz CT molecular complexity index is 178. The zero-order chi connectivity index (χ0) is 10.5. The second-order valence-corrected chi connectivity index (χ2v) is 4.15. The summed E-state index contributed by atoms with van der Waals surface area (Å²) >= 11 is 0. The number of nitrogens with zero attached hydrogens (tertiary/aromatic N) is 1. The fourth-order valence-electron chi connectivity index (χ4n) is 0.746. The van der Waals surface area contributed by atoms with Crippen LogP contribution in [0.4, 0.5) is 0 Å². The van der Waals surface area contributed by atoms with Crippen molar-refractivity contribution in [1.29, 1.82) is 0 Å². The first-order valence-electron chi connectivity index (χ1n) is 4.63. The molecule has 0 heterocycles. The number of nitrogens with two attached hydrogens (primary N) is 1. The van der Waals surface area contributed by atoms with Crippen molar-refractivity contribution in [3.05, 3.63) is 0 Å². The van der Waals surface area contributed by atoms with Crippen LogP contribution in [0.5, 0.6) is 0 Å². The molecular formula is C9H21N3O. The Morgan fingerprint density at radius 2 is 2.15 bits per heavy atom. The summed E-state index contributed by atoms with van der Waals surface area (Å²) in [6.45, 7) is 9.25.